The summed E-state index contributed by atoms with van der Waals surface area (Å²) in [6.45, 7) is 7.58. The molecule has 5 nitrogen and oxygen atoms in total. The molecule has 0 fully saturated rings. The van der Waals surface area contributed by atoms with Gasteiger partial charge in [-0.05, 0) is 38.7 Å². The van der Waals surface area contributed by atoms with E-state index < -0.39 is 10.1 Å². The van der Waals surface area contributed by atoms with E-state index in [0.29, 0.717) is 6.42 Å². The van der Waals surface area contributed by atoms with Gasteiger partial charge in [0.15, 0.2) is 0 Å². The first-order chi connectivity index (χ1) is 12.2. The predicted octanol–water partition coefficient (Wildman–Crippen LogP) is 4.19. The lowest BCUT2D eigenvalue weighted by molar-refractivity contribution is -0.151. The van der Waals surface area contributed by atoms with E-state index >= 15 is 0 Å². The maximum atomic E-state index is 12.3. The highest BCUT2D eigenvalue weighted by Crippen LogP contribution is 2.21. The van der Waals surface area contributed by atoms with Crippen LogP contribution in [0.4, 0.5) is 0 Å². The predicted molar refractivity (Wildman–Crippen MR) is 106 cm³/mol. The van der Waals surface area contributed by atoms with Crippen molar-refractivity contribution in [3.8, 4) is 0 Å². The Labute approximate surface area is 162 Å². The molecular weight excluding hydrogens is 372 g/mol. The Hall–Kier alpha value is -1.05. The van der Waals surface area contributed by atoms with Gasteiger partial charge in [0.05, 0.1) is 16.8 Å². The first kappa shape index (κ1) is 23.0. The quantitative estimate of drug-likeness (QED) is 0.408. The lowest BCUT2D eigenvalue weighted by Crippen LogP contribution is -2.32. The summed E-state index contributed by atoms with van der Waals surface area (Å²) in [5.41, 5.74) is 0.978. The Kier molecular flexibility index (Phi) is 9.68. The molecule has 148 valence electrons. The molecule has 0 aliphatic rings. The molecule has 1 aromatic carbocycles. The van der Waals surface area contributed by atoms with Crippen LogP contribution in [0.5, 0.6) is 0 Å². The van der Waals surface area contributed by atoms with E-state index in [1.165, 1.54) is 23.9 Å². The number of thioether (sulfide) groups is 1. The molecule has 0 saturated heterocycles. The number of hydrogen-bond donors (Lipinski definition) is 0. The van der Waals surface area contributed by atoms with Crippen LogP contribution >= 0.6 is 11.8 Å². The van der Waals surface area contributed by atoms with Crippen LogP contribution in [0.15, 0.2) is 29.2 Å². The monoisotopic (exact) mass is 402 g/mol. The average molecular weight is 403 g/mol. The zero-order valence-electron chi connectivity index (χ0n) is 16.2. The molecular formula is C19H30O5S2. The second-order valence-electron chi connectivity index (χ2n) is 6.52. The number of unbranched alkanes of at least 4 members (excludes halogenated alkanes) is 1. The van der Waals surface area contributed by atoms with E-state index in [2.05, 4.69) is 6.92 Å². The summed E-state index contributed by atoms with van der Waals surface area (Å²) in [5, 5.41) is -0.247. The number of carbonyl (C=O) groups is 1. The molecule has 0 aliphatic heterocycles. The van der Waals surface area contributed by atoms with Crippen molar-refractivity contribution in [3.05, 3.63) is 29.8 Å². The Morgan fingerprint density at radius 1 is 1.19 bits per heavy atom. The fourth-order valence-corrected chi connectivity index (χ4v) is 3.53. The molecule has 0 radical (unpaired) electrons. The van der Waals surface area contributed by atoms with Gasteiger partial charge in [0, 0.05) is 5.92 Å². The van der Waals surface area contributed by atoms with Crippen LogP contribution in [0, 0.1) is 12.8 Å². The van der Waals surface area contributed by atoms with Crippen molar-refractivity contribution in [2.45, 2.75) is 63.2 Å². The second-order valence-corrected chi connectivity index (χ2v) is 9.32. The third-order valence-electron chi connectivity index (χ3n) is 4.23. The highest BCUT2D eigenvalue weighted by Gasteiger charge is 2.26. The molecule has 0 amide bonds. The standard InChI is InChI=1S/C19H30O5S2/c1-6-7-8-18(24-19(20)16(4)25-5)15(3)13-23-26(21,22)17-11-9-14(2)10-12-17/h9-12,15-16,18H,6-8,13H2,1-5H3/t15-,16?,18+/m1/s1. The maximum absolute atomic E-state index is 12.3. The van der Waals surface area contributed by atoms with Gasteiger partial charge in [-0.15, -0.1) is 0 Å². The molecule has 26 heavy (non-hydrogen) atoms. The molecule has 1 aromatic rings. The van der Waals surface area contributed by atoms with Crippen LogP contribution in [0.3, 0.4) is 0 Å². The molecule has 0 bridgehead atoms. The van der Waals surface area contributed by atoms with Crippen molar-refractivity contribution in [1.29, 1.82) is 0 Å². The highest BCUT2D eigenvalue weighted by molar-refractivity contribution is 7.99. The van der Waals surface area contributed by atoms with E-state index in [1.54, 1.807) is 19.1 Å². The number of carbonyl (C=O) groups excluding carboxylic acids is 1. The summed E-state index contributed by atoms with van der Waals surface area (Å²) in [6.07, 6.45) is 4.07. The van der Waals surface area contributed by atoms with Gasteiger partial charge in [0.2, 0.25) is 0 Å². The summed E-state index contributed by atoms with van der Waals surface area (Å²) >= 11 is 1.42. The van der Waals surface area contributed by atoms with Crippen LogP contribution in [0.1, 0.15) is 45.6 Å². The fraction of sp³-hybridized carbons (Fsp3) is 0.632. The number of rotatable bonds is 11. The molecule has 0 aromatic heterocycles. The van der Waals surface area contributed by atoms with Gasteiger partial charge in [-0.25, -0.2) is 0 Å². The minimum Gasteiger partial charge on any atom is -0.461 e. The van der Waals surface area contributed by atoms with E-state index in [9.17, 15) is 13.2 Å². The summed E-state index contributed by atoms with van der Waals surface area (Å²) in [7, 11) is -3.82. The van der Waals surface area contributed by atoms with Crippen LogP contribution in [0.25, 0.3) is 0 Å². The van der Waals surface area contributed by atoms with Crippen LogP contribution < -0.4 is 0 Å². The lowest BCUT2D eigenvalue weighted by Gasteiger charge is -2.25. The van der Waals surface area contributed by atoms with Gasteiger partial charge in [0.25, 0.3) is 10.1 Å². The molecule has 7 heteroatoms. The molecule has 0 spiro atoms. The maximum Gasteiger partial charge on any atom is 0.319 e. The normalized spacial score (nSPS) is 15.3. The summed E-state index contributed by atoms with van der Waals surface area (Å²) in [4.78, 5) is 12.2. The van der Waals surface area contributed by atoms with Crippen LogP contribution in [0.2, 0.25) is 0 Å². The van der Waals surface area contributed by atoms with Gasteiger partial charge >= 0.3 is 5.97 Å². The Balaban J connectivity index is 2.73. The minimum absolute atomic E-state index is 0.0223. The Morgan fingerprint density at radius 3 is 2.35 bits per heavy atom. The highest BCUT2D eigenvalue weighted by atomic mass is 32.2. The third kappa shape index (κ3) is 7.29. The van der Waals surface area contributed by atoms with Crippen molar-refractivity contribution < 1.29 is 22.1 Å². The van der Waals surface area contributed by atoms with Crippen LogP contribution in [-0.4, -0.2) is 38.6 Å². The summed E-state index contributed by atoms with van der Waals surface area (Å²) in [5.74, 6) is -0.494. The molecule has 0 N–H and O–H groups in total. The van der Waals surface area contributed by atoms with Gasteiger partial charge in [-0.3, -0.25) is 8.98 Å². The average Bonchev–Trinajstić information content (AvgIpc) is 2.62. The molecule has 1 rings (SSSR count). The van der Waals surface area contributed by atoms with E-state index in [0.717, 1.165) is 18.4 Å². The lowest BCUT2D eigenvalue weighted by atomic mass is 10.0. The first-order valence-electron chi connectivity index (χ1n) is 8.90. The number of benzene rings is 1. The number of esters is 1. The van der Waals surface area contributed by atoms with E-state index in [-0.39, 0.29) is 34.7 Å². The van der Waals surface area contributed by atoms with Gasteiger partial charge in [-0.2, -0.15) is 20.2 Å². The van der Waals surface area contributed by atoms with Crippen molar-refractivity contribution in [1.82, 2.24) is 0 Å². The van der Waals surface area contributed by atoms with Gasteiger partial charge in [-0.1, -0.05) is 44.4 Å². The molecule has 0 heterocycles. The molecule has 1 unspecified atom stereocenters. The van der Waals surface area contributed by atoms with Crippen LogP contribution in [-0.2, 0) is 23.8 Å². The third-order valence-corrected chi connectivity index (χ3v) is 6.42. The van der Waals surface area contributed by atoms with Crippen molar-refractivity contribution >= 4 is 27.8 Å². The number of aryl methyl sites for hydroxylation is 1. The summed E-state index contributed by atoms with van der Waals surface area (Å²) < 4.78 is 35.5. The second kappa shape index (κ2) is 10.9. The number of ether oxygens (including phenoxy) is 1. The topological polar surface area (TPSA) is 69.7 Å². The van der Waals surface area contributed by atoms with Crippen molar-refractivity contribution in [3.63, 3.8) is 0 Å². The minimum atomic E-state index is -3.82. The largest absolute Gasteiger partial charge is 0.461 e. The summed E-state index contributed by atoms with van der Waals surface area (Å²) in [6, 6.07) is 6.53. The Morgan fingerprint density at radius 2 is 1.81 bits per heavy atom. The molecule has 3 atom stereocenters. The zero-order chi connectivity index (χ0) is 19.7. The number of hydrogen-bond acceptors (Lipinski definition) is 6. The first-order valence-corrected chi connectivity index (χ1v) is 11.6. The Bertz CT molecular complexity index is 655. The SMILES string of the molecule is CCCC[C@H](OC(=O)C(C)SC)[C@H](C)COS(=O)(=O)c1ccc(C)cc1. The van der Waals surface area contributed by atoms with E-state index in [4.69, 9.17) is 8.92 Å². The fourth-order valence-electron chi connectivity index (χ4n) is 2.28. The van der Waals surface area contributed by atoms with Crippen molar-refractivity contribution in [2.24, 2.45) is 5.92 Å². The smallest absolute Gasteiger partial charge is 0.319 e. The zero-order valence-corrected chi connectivity index (χ0v) is 17.9. The molecule has 0 aliphatic carbocycles. The molecule has 0 saturated carbocycles. The van der Waals surface area contributed by atoms with Gasteiger partial charge in [0.1, 0.15) is 6.10 Å². The van der Waals surface area contributed by atoms with Gasteiger partial charge < -0.3 is 4.74 Å². The van der Waals surface area contributed by atoms with E-state index in [1.807, 2.05) is 20.1 Å². The van der Waals surface area contributed by atoms with Crippen molar-refractivity contribution in [2.75, 3.05) is 12.9 Å².